The summed E-state index contributed by atoms with van der Waals surface area (Å²) in [6.45, 7) is 5.21. The fourth-order valence-electron chi connectivity index (χ4n) is 2.42. The summed E-state index contributed by atoms with van der Waals surface area (Å²) in [7, 11) is 0. The Kier molecular flexibility index (Phi) is 10.2. The molecule has 1 aromatic rings. The number of nitrogens with two attached hydrogens (primary N) is 1. The lowest BCUT2D eigenvalue weighted by Crippen LogP contribution is -2.39. The van der Waals surface area contributed by atoms with Gasteiger partial charge in [0.05, 0.1) is 6.04 Å². The van der Waals surface area contributed by atoms with Gasteiger partial charge in [0.2, 0.25) is 5.91 Å². The van der Waals surface area contributed by atoms with Crippen molar-refractivity contribution in [2.45, 2.75) is 25.8 Å². The van der Waals surface area contributed by atoms with Gasteiger partial charge >= 0.3 is 0 Å². The van der Waals surface area contributed by atoms with Gasteiger partial charge in [-0.25, -0.2) is 0 Å². The standard InChI is InChI=1S/C14H23N3OS.2ClH/c1-11(9-15)14(18)16-10-12(13-5-4-8-19-13)17-6-2-3-7-17;;/h4-5,8,11-12H,2-3,6-7,9-10,15H2,1H3,(H,16,18);2*1H. The highest BCUT2D eigenvalue weighted by Gasteiger charge is 2.25. The third kappa shape index (κ3) is 5.75. The summed E-state index contributed by atoms with van der Waals surface area (Å²) in [5, 5.41) is 5.14. The SMILES string of the molecule is CC(CN)C(=O)NCC(c1cccs1)N1CCCC1.Cl.Cl. The molecular weight excluding hydrogens is 329 g/mol. The Labute approximate surface area is 143 Å². The highest BCUT2D eigenvalue weighted by atomic mass is 35.5. The molecule has 2 atom stereocenters. The van der Waals surface area contributed by atoms with Gasteiger partial charge in [0.25, 0.3) is 0 Å². The predicted octanol–water partition coefficient (Wildman–Crippen LogP) is 2.44. The van der Waals surface area contributed by atoms with Crippen LogP contribution in [0, 0.1) is 5.92 Å². The molecular formula is C14H25Cl2N3OS. The molecule has 0 saturated carbocycles. The average Bonchev–Trinajstić information content (AvgIpc) is 3.11. The van der Waals surface area contributed by atoms with Gasteiger partial charge < -0.3 is 11.1 Å². The highest BCUT2D eigenvalue weighted by Crippen LogP contribution is 2.27. The lowest BCUT2D eigenvalue weighted by molar-refractivity contribution is -0.124. The normalized spacial score (nSPS) is 17.4. The number of halogens is 2. The first-order chi connectivity index (χ1) is 9.22. The van der Waals surface area contributed by atoms with Crippen LogP contribution in [0.25, 0.3) is 0 Å². The number of nitrogens with zero attached hydrogens (tertiary/aromatic N) is 1. The van der Waals surface area contributed by atoms with Gasteiger partial charge in [0, 0.05) is 23.9 Å². The molecule has 1 aliphatic heterocycles. The Bertz CT molecular complexity index is 397. The monoisotopic (exact) mass is 353 g/mol. The van der Waals surface area contributed by atoms with Gasteiger partial charge in [-0.15, -0.1) is 36.2 Å². The van der Waals surface area contributed by atoms with Gasteiger partial charge in [-0.2, -0.15) is 0 Å². The lowest BCUT2D eigenvalue weighted by Gasteiger charge is -2.27. The molecule has 1 amide bonds. The fraction of sp³-hybridized carbons (Fsp3) is 0.643. The van der Waals surface area contributed by atoms with Crippen molar-refractivity contribution in [2.24, 2.45) is 11.7 Å². The van der Waals surface area contributed by atoms with Crippen molar-refractivity contribution in [1.82, 2.24) is 10.2 Å². The van der Waals surface area contributed by atoms with Gasteiger partial charge in [-0.05, 0) is 37.4 Å². The Morgan fingerprint density at radius 1 is 1.43 bits per heavy atom. The van der Waals surface area contributed by atoms with E-state index in [4.69, 9.17) is 5.73 Å². The molecule has 122 valence electrons. The van der Waals surface area contributed by atoms with Crippen molar-refractivity contribution >= 4 is 42.1 Å². The molecule has 1 aromatic heterocycles. The molecule has 7 heteroatoms. The minimum atomic E-state index is -0.109. The Morgan fingerprint density at radius 3 is 2.62 bits per heavy atom. The Morgan fingerprint density at radius 2 is 2.10 bits per heavy atom. The van der Waals surface area contributed by atoms with Crippen LogP contribution < -0.4 is 11.1 Å². The maximum atomic E-state index is 11.9. The Balaban J connectivity index is 0.00000200. The van der Waals surface area contributed by atoms with Crippen LogP contribution in [0.5, 0.6) is 0 Å². The molecule has 4 nitrogen and oxygen atoms in total. The largest absolute Gasteiger partial charge is 0.354 e. The van der Waals surface area contributed by atoms with Crippen molar-refractivity contribution in [2.75, 3.05) is 26.2 Å². The molecule has 1 saturated heterocycles. The molecule has 1 aliphatic rings. The molecule has 0 bridgehead atoms. The Hall–Kier alpha value is -0.330. The van der Waals surface area contributed by atoms with Crippen LogP contribution in [0.15, 0.2) is 17.5 Å². The summed E-state index contributed by atoms with van der Waals surface area (Å²) in [5.74, 6) is -0.0502. The van der Waals surface area contributed by atoms with E-state index in [1.165, 1.54) is 17.7 Å². The van der Waals surface area contributed by atoms with Crippen molar-refractivity contribution in [3.8, 4) is 0 Å². The number of carbonyl (C=O) groups is 1. The van der Waals surface area contributed by atoms with Crippen molar-refractivity contribution in [3.05, 3.63) is 22.4 Å². The minimum Gasteiger partial charge on any atom is -0.354 e. The molecule has 3 N–H and O–H groups in total. The lowest BCUT2D eigenvalue weighted by atomic mass is 10.1. The zero-order chi connectivity index (χ0) is 13.7. The highest BCUT2D eigenvalue weighted by molar-refractivity contribution is 7.10. The first-order valence-corrected chi connectivity index (χ1v) is 7.85. The van der Waals surface area contributed by atoms with Crippen molar-refractivity contribution in [1.29, 1.82) is 0 Å². The van der Waals surface area contributed by atoms with E-state index in [-0.39, 0.29) is 36.6 Å². The fourth-order valence-corrected chi connectivity index (χ4v) is 3.28. The zero-order valence-electron chi connectivity index (χ0n) is 12.3. The molecule has 0 radical (unpaired) electrons. The third-order valence-corrected chi connectivity index (χ3v) is 4.70. The summed E-state index contributed by atoms with van der Waals surface area (Å²) >= 11 is 1.77. The first-order valence-electron chi connectivity index (χ1n) is 6.97. The second-order valence-corrected chi connectivity index (χ2v) is 6.14. The average molecular weight is 354 g/mol. The molecule has 21 heavy (non-hydrogen) atoms. The number of rotatable bonds is 6. The number of hydrogen-bond acceptors (Lipinski definition) is 4. The molecule has 1 fully saturated rings. The minimum absolute atomic E-state index is 0. The molecule has 2 unspecified atom stereocenters. The number of amides is 1. The van der Waals surface area contributed by atoms with Crippen LogP contribution >= 0.6 is 36.2 Å². The van der Waals surface area contributed by atoms with Gasteiger partial charge in [-0.1, -0.05) is 13.0 Å². The van der Waals surface area contributed by atoms with E-state index in [0.717, 1.165) is 13.1 Å². The number of nitrogens with one attached hydrogen (secondary N) is 1. The number of hydrogen-bond donors (Lipinski definition) is 2. The molecule has 0 aliphatic carbocycles. The van der Waals surface area contributed by atoms with Crippen molar-refractivity contribution in [3.63, 3.8) is 0 Å². The van der Waals surface area contributed by atoms with E-state index in [1.54, 1.807) is 11.3 Å². The van der Waals surface area contributed by atoms with E-state index >= 15 is 0 Å². The van der Waals surface area contributed by atoms with E-state index in [1.807, 2.05) is 6.92 Å². The maximum Gasteiger partial charge on any atom is 0.224 e. The second-order valence-electron chi connectivity index (χ2n) is 5.16. The smallest absolute Gasteiger partial charge is 0.224 e. The van der Waals surface area contributed by atoms with Gasteiger partial charge in [-0.3, -0.25) is 9.69 Å². The zero-order valence-corrected chi connectivity index (χ0v) is 14.7. The van der Waals surface area contributed by atoms with Crippen molar-refractivity contribution < 1.29 is 4.79 Å². The summed E-state index contributed by atoms with van der Waals surface area (Å²) in [6, 6.07) is 4.55. The summed E-state index contributed by atoms with van der Waals surface area (Å²) < 4.78 is 0. The van der Waals surface area contributed by atoms with Crippen LogP contribution in [0.1, 0.15) is 30.7 Å². The first kappa shape index (κ1) is 20.7. The number of thiophene rings is 1. The van der Waals surface area contributed by atoms with E-state index in [2.05, 4.69) is 27.7 Å². The van der Waals surface area contributed by atoms with E-state index < -0.39 is 0 Å². The van der Waals surface area contributed by atoms with Gasteiger partial charge in [0.1, 0.15) is 0 Å². The van der Waals surface area contributed by atoms with Crippen LogP contribution in [0.2, 0.25) is 0 Å². The second kappa shape index (κ2) is 10.4. The summed E-state index contributed by atoms with van der Waals surface area (Å²) in [5.41, 5.74) is 5.53. The predicted molar refractivity (Wildman–Crippen MR) is 93.6 cm³/mol. The molecule has 2 rings (SSSR count). The quantitative estimate of drug-likeness (QED) is 0.825. The van der Waals surface area contributed by atoms with Crippen LogP contribution in [-0.4, -0.2) is 37.0 Å². The molecule has 2 heterocycles. The summed E-state index contributed by atoms with van der Waals surface area (Å²) in [4.78, 5) is 15.7. The number of likely N-dealkylation sites (tertiary alicyclic amines) is 1. The number of carbonyl (C=O) groups excluding carboxylic acids is 1. The topological polar surface area (TPSA) is 58.4 Å². The van der Waals surface area contributed by atoms with E-state index in [0.29, 0.717) is 19.1 Å². The van der Waals surface area contributed by atoms with Crippen LogP contribution in [0.4, 0.5) is 0 Å². The molecule has 0 aromatic carbocycles. The summed E-state index contributed by atoms with van der Waals surface area (Å²) in [6.07, 6.45) is 2.52. The van der Waals surface area contributed by atoms with Gasteiger partial charge in [0.15, 0.2) is 0 Å². The van der Waals surface area contributed by atoms with Crippen LogP contribution in [-0.2, 0) is 4.79 Å². The third-order valence-electron chi connectivity index (χ3n) is 3.72. The maximum absolute atomic E-state index is 11.9. The van der Waals surface area contributed by atoms with Crippen LogP contribution in [0.3, 0.4) is 0 Å². The molecule has 0 spiro atoms. The van der Waals surface area contributed by atoms with E-state index in [9.17, 15) is 4.79 Å².